The van der Waals surface area contributed by atoms with E-state index in [9.17, 15) is 24.9 Å². The summed E-state index contributed by atoms with van der Waals surface area (Å²) in [5, 5.41) is 31.9. The summed E-state index contributed by atoms with van der Waals surface area (Å²) in [4.78, 5) is 25.2. The van der Waals surface area contributed by atoms with Crippen LogP contribution < -0.4 is 0 Å². The molecule has 3 saturated carbocycles. The molecule has 4 bridgehead atoms. The summed E-state index contributed by atoms with van der Waals surface area (Å²) >= 11 is 0. The van der Waals surface area contributed by atoms with Crippen LogP contribution in [0.2, 0.25) is 0 Å². The zero-order valence-electron chi connectivity index (χ0n) is 15.9. The second-order valence-electron chi connectivity index (χ2n) is 8.81. The van der Waals surface area contributed by atoms with Crippen LogP contribution >= 0.6 is 0 Å². The molecule has 25 heavy (non-hydrogen) atoms. The third-order valence-electron chi connectivity index (χ3n) is 7.99. The van der Waals surface area contributed by atoms with Gasteiger partial charge >= 0.3 is 11.9 Å². The van der Waals surface area contributed by atoms with Gasteiger partial charge in [-0.1, -0.05) is 12.6 Å². The zero-order chi connectivity index (χ0) is 19.6. The van der Waals surface area contributed by atoms with Crippen LogP contribution in [0.3, 0.4) is 0 Å². The van der Waals surface area contributed by atoms with Crippen molar-refractivity contribution in [2.75, 3.05) is 0 Å². The second kappa shape index (κ2) is 4.01. The topological polar surface area (TPSA) is 104 Å². The highest BCUT2D eigenvalue weighted by Crippen LogP contribution is 2.77. The molecule has 0 radical (unpaired) electrons. The Morgan fingerprint density at radius 1 is 1.52 bits per heavy atom. The van der Waals surface area contributed by atoms with Gasteiger partial charge in [-0.2, -0.15) is 0 Å². The number of esters is 1. The van der Waals surface area contributed by atoms with Gasteiger partial charge in [-0.3, -0.25) is 9.59 Å². The summed E-state index contributed by atoms with van der Waals surface area (Å²) in [6, 6.07) is 0. The minimum Gasteiger partial charge on any atom is -0.481 e. The van der Waals surface area contributed by atoms with E-state index in [-0.39, 0.29) is 24.3 Å². The average molecular weight is 349 g/mol. The molecule has 0 aromatic carbocycles. The largest absolute Gasteiger partial charge is 0.481 e. The molecular weight excluding hydrogens is 325 g/mol. The number of aliphatic carboxylic acids is 1. The number of ether oxygens (including phenoxy) is 1. The number of rotatable bonds is 1. The summed E-state index contributed by atoms with van der Waals surface area (Å²) < 4.78 is 21.4. The third-order valence-corrected chi connectivity index (χ3v) is 7.99. The molecule has 0 unspecified atom stereocenters. The van der Waals surface area contributed by atoms with Gasteiger partial charge in [-0.05, 0) is 49.7 Å². The number of carbonyl (C=O) groups excluding carboxylic acids is 1. The predicted octanol–water partition coefficient (Wildman–Crippen LogP) is 1.03. The molecule has 6 nitrogen and oxygen atoms in total. The van der Waals surface area contributed by atoms with Crippen molar-refractivity contribution < 1.29 is 32.4 Å². The fraction of sp³-hybridized carbons (Fsp3) is 0.684. The highest BCUT2D eigenvalue weighted by molar-refractivity contribution is 5.86. The van der Waals surface area contributed by atoms with E-state index >= 15 is 0 Å². The van der Waals surface area contributed by atoms with Crippen LogP contribution in [-0.4, -0.2) is 44.6 Å². The molecule has 4 fully saturated rings. The van der Waals surface area contributed by atoms with Gasteiger partial charge in [0.25, 0.3) is 0 Å². The first-order valence-corrected chi connectivity index (χ1v) is 8.76. The number of carbonyl (C=O) groups is 2. The molecule has 134 valence electrons. The monoisotopic (exact) mass is 349 g/mol. The number of hydrogen-bond donors (Lipinski definition) is 3. The summed E-state index contributed by atoms with van der Waals surface area (Å²) in [5.41, 5.74) is -4.44. The molecule has 0 aromatic heterocycles. The first kappa shape index (κ1) is 13.5. The maximum atomic E-state index is 12.7. The van der Waals surface area contributed by atoms with E-state index < -0.39 is 58.4 Å². The van der Waals surface area contributed by atoms with Crippen LogP contribution in [0.25, 0.3) is 0 Å². The van der Waals surface area contributed by atoms with Crippen molar-refractivity contribution in [2.45, 2.75) is 49.9 Å². The molecule has 4 aliphatic carbocycles. The van der Waals surface area contributed by atoms with E-state index in [0.717, 1.165) is 0 Å². The highest BCUT2D eigenvalue weighted by atomic mass is 16.6. The molecular formula is C19H22O6. The molecule has 1 saturated heterocycles. The Labute approximate surface area is 148 Å². The normalized spacial score (nSPS) is 59.0. The van der Waals surface area contributed by atoms with Gasteiger partial charge in [0.15, 0.2) is 0 Å². The van der Waals surface area contributed by atoms with E-state index in [1.54, 1.807) is 13.0 Å². The Morgan fingerprint density at radius 2 is 2.28 bits per heavy atom. The average Bonchev–Trinajstić information content (AvgIpc) is 3.02. The SMILES string of the molecule is [2H][13C]([2H])=C1C[C@]23C[C@@]1(O)CC[C@H]2[C@@]12C=C[C@H](O)[C@@](C)(C(=O)O1)[C@H]2[C@@H]3C(=O)O. The Hall–Kier alpha value is -1.66. The lowest BCUT2D eigenvalue weighted by molar-refractivity contribution is -0.163. The Kier molecular flexibility index (Phi) is 2.17. The Morgan fingerprint density at radius 3 is 2.96 bits per heavy atom. The van der Waals surface area contributed by atoms with E-state index in [1.807, 2.05) is 0 Å². The van der Waals surface area contributed by atoms with Gasteiger partial charge < -0.3 is 20.1 Å². The van der Waals surface area contributed by atoms with Gasteiger partial charge in [0.05, 0.1) is 20.4 Å². The lowest BCUT2D eigenvalue weighted by Crippen LogP contribution is -2.50. The third kappa shape index (κ3) is 1.36. The molecule has 1 aliphatic heterocycles. The van der Waals surface area contributed by atoms with Crippen LogP contribution in [-0.2, 0) is 14.3 Å². The van der Waals surface area contributed by atoms with Crippen molar-refractivity contribution in [2.24, 2.45) is 28.6 Å². The molecule has 3 N–H and O–H groups in total. The summed E-state index contributed by atoms with van der Waals surface area (Å²) in [7, 11) is 0. The molecule has 8 atom stereocenters. The predicted molar refractivity (Wildman–Crippen MR) is 85.2 cm³/mol. The minimum absolute atomic E-state index is 0.142. The van der Waals surface area contributed by atoms with Gasteiger partial charge in [0.2, 0.25) is 0 Å². The molecule has 5 rings (SSSR count). The van der Waals surface area contributed by atoms with Crippen LogP contribution in [0.1, 0.15) is 35.3 Å². The Balaban J connectivity index is 1.78. The van der Waals surface area contributed by atoms with E-state index in [4.69, 9.17) is 7.48 Å². The number of aliphatic hydroxyl groups excluding tert-OH is 1. The lowest BCUT2D eigenvalue weighted by Gasteiger charge is -2.44. The fourth-order valence-electron chi connectivity index (χ4n) is 7.02. The molecule has 1 heterocycles. The van der Waals surface area contributed by atoms with Gasteiger partial charge in [0, 0.05) is 11.8 Å². The van der Waals surface area contributed by atoms with E-state index in [0.29, 0.717) is 12.8 Å². The number of carboxylic acid groups (broad SMARTS) is 1. The number of carboxylic acids is 1. The smallest absolute Gasteiger partial charge is 0.316 e. The Bertz CT molecular complexity index is 849. The van der Waals surface area contributed by atoms with Crippen molar-refractivity contribution in [1.82, 2.24) is 0 Å². The van der Waals surface area contributed by atoms with Crippen molar-refractivity contribution >= 4 is 11.9 Å². The summed E-state index contributed by atoms with van der Waals surface area (Å²) in [5.74, 6) is -3.75. The van der Waals surface area contributed by atoms with Crippen molar-refractivity contribution in [3.8, 4) is 0 Å². The van der Waals surface area contributed by atoms with Crippen molar-refractivity contribution in [1.29, 1.82) is 0 Å². The summed E-state index contributed by atoms with van der Waals surface area (Å²) in [6.45, 7) is 1.11. The first-order chi connectivity index (χ1) is 12.5. The van der Waals surface area contributed by atoms with Gasteiger partial charge in [0.1, 0.15) is 11.0 Å². The van der Waals surface area contributed by atoms with Gasteiger partial charge in [-0.25, -0.2) is 0 Å². The first-order valence-electron chi connectivity index (χ1n) is 9.76. The maximum absolute atomic E-state index is 12.7. The van der Waals surface area contributed by atoms with Crippen LogP contribution in [0, 0.1) is 28.6 Å². The molecule has 1 spiro atoms. The van der Waals surface area contributed by atoms with E-state index in [2.05, 4.69) is 0 Å². The lowest BCUT2D eigenvalue weighted by atomic mass is 9.61. The van der Waals surface area contributed by atoms with Crippen LogP contribution in [0.5, 0.6) is 0 Å². The van der Waals surface area contributed by atoms with Crippen LogP contribution in [0.15, 0.2) is 24.3 Å². The standard InChI is InChI=1S/C19H22O6/c1-9-7-17-8-18(9,24)5-3-10(17)19-6-4-11(20)16(2,15(23)25-19)13(19)12(17)14(21)22/h4,6,10-13,20,24H,1,3,5,7-8H2,2H3,(H,21,22)/t10-,11+,12-,13-,16-,17+,18+,19-/m1/s1/i1+1D2. The van der Waals surface area contributed by atoms with Crippen molar-refractivity contribution in [3.05, 3.63) is 24.3 Å². The zero-order valence-corrected chi connectivity index (χ0v) is 13.9. The fourth-order valence-corrected chi connectivity index (χ4v) is 7.02. The number of fused-ring (bicyclic) bond motifs is 1. The van der Waals surface area contributed by atoms with Crippen LogP contribution in [0.4, 0.5) is 0 Å². The number of aliphatic hydroxyl groups is 2. The van der Waals surface area contributed by atoms with Gasteiger partial charge in [-0.15, -0.1) is 0 Å². The molecule has 5 aliphatic rings. The highest BCUT2D eigenvalue weighted by Gasteiger charge is 2.83. The van der Waals surface area contributed by atoms with E-state index in [1.165, 1.54) is 6.08 Å². The maximum Gasteiger partial charge on any atom is 0.316 e. The molecule has 0 aromatic rings. The van der Waals surface area contributed by atoms with Crippen molar-refractivity contribution in [3.63, 3.8) is 0 Å². The molecule has 6 heteroatoms. The quantitative estimate of drug-likeness (QED) is 0.371. The summed E-state index contributed by atoms with van der Waals surface area (Å²) in [6.07, 6.45) is 3.10. The number of hydrogen-bond acceptors (Lipinski definition) is 5. The minimum atomic E-state index is -1.36. The second-order valence-corrected chi connectivity index (χ2v) is 8.81. The molecule has 0 amide bonds.